The molecule has 3 heteroatoms. The minimum Gasteiger partial charge on any atom is -0.451 e. The SMILES string of the molecule is CCC/C(C)=C(/C=C(\C)C(C)(C)C)CCC(=O)C1=C(C)C(=O)OC1(CCC)CCC. The van der Waals surface area contributed by atoms with E-state index in [1.807, 2.05) is 0 Å². The fourth-order valence-corrected chi connectivity index (χ4v) is 4.29. The highest BCUT2D eigenvalue weighted by Crippen LogP contribution is 2.41. The van der Waals surface area contributed by atoms with Crippen LogP contribution in [-0.2, 0) is 14.3 Å². The third kappa shape index (κ3) is 6.43. The van der Waals surface area contributed by atoms with Crippen LogP contribution in [0.3, 0.4) is 0 Å². The number of ether oxygens (including phenoxy) is 1. The van der Waals surface area contributed by atoms with E-state index in [9.17, 15) is 9.59 Å². The van der Waals surface area contributed by atoms with Crippen LogP contribution in [0.15, 0.2) is 33.9 Å². The Hall–Kier alpha value is -1.64. The predicted molar refractivity (Wildman–Crippen MR) is 126 cm³/mol. The molecule has 0 fully saturated rings. The Kier molecular flexibility index (Phi) is 9.78. The molecule has 1 rings (SSSR count). The second kappa shape index (κ2) is 11.1. The van der Waals surface area contributed by atoms with Gasteiger partial charge in [0.15, 0.2) is 5.78 Å². The van der Waals surface area contributed by atoms with Crippen molar-refractivity contribution in [3.05, 3.63) is 33.9 Å². The number of hydrogen-bond donors (Lipinski definition) is 0. The summed E-state index contributed by atoms with van der Waals surface area (Å²) in [7, 11) is 0. The van der Waals surface area contributed by atoms with Crippen LogP contribution in [0.2, 0.25) is 0 Å². The van der Waals surface area contributed by atoms with Crippen LogP contribution in [-0.4, -0.2) is 17.4 Å². The van der Waals surface area contributed by atoms with Crippen molar-refractivity contribution in [2.75, 3.05) is 0 Å². The van der Waals surface area contributed by atoms with Crippen molar-refractivity contribution in [2.45, 2.75) is 119 Å². The summed E-state index contributed by atoms with van der Waals surface area (Å²) in [5.74, 6) is -0.245. The molecule has 0 atom stereocenters. The number of ketones is 1. The molecule has 0 unspecified atom stereocenters. The molecule has 30 heavy (non-hydrogen) atoms. The maximum absolute atomic E-state index is 13.4. The van der Waals surface area contributed by atoms with E-state index in [2.05, 4.69) is 61.5 Å². The second-order valence-electron chi connectivity index (χ2n) is 9.94. The monoisotopic (exact) mass is 416 g/mol. The molecule has 0 N–H and O–H groups in total. The van der Waals surface area contributed by atoms with Gasteiger partial charge in [-0.2, -0.15) is 0 Å². The first-order chi connectivity index (χ1) is 13.9. The molecule has 0 spiro atoms. The molecule has 170 valence electrons. The maximum atomic E-state index is 13.4. The van der Waals surface area contributed by atoms with Crippen LogP contribution in [0.4, 0.5) is 0 Å². The number of allylic oxidation sites excluding steroid dienone is 4. The van der Waals surface area contributed by atoms with Gasteiger partial charge in [-0.3, -0.25) is 4.79 Å². The van der Waals surface area contributed by atoms with E-state index in [-0.39, 0.29) is 17.2 Å². The number of carbonyl (C=O) groups is 2. The summed E-state index contributed by atoms with van der Waals surface area (Å²) in [6.07, 6.45) is 8.72. The molecule has 0 aromatic carbocycles. The molecule has 1 heterocycles. The summed E-state index contributed by atoms with van der Waals surface area (Å²) < 4.78 is 5.82. The van der Waals surface area contributed by atoms with Gasteiger partial charge >= 0.3 is 5.97 Å². The molecule has 3 nitrogen and oxygen atoms in total. The molecule has 0 aliphatic carbocycles. The van der Waals surface area contributed by atoms with E-state index in [0.717, 1.165) is 25.7 Å². The lowest BCUT2D eigenvalue weighted by Gasteiger charge is -2.30. The van der Waals surface area contributed by atoms with E-state index < -0.39 is 5.60 Å². The third-order valence-electron chi connectivity index (χ3n) is 6.38. The Balaban J connectivity index is 3.21. The topological polar surface area (TPSA) is 43.4 Å². The molecule has 0 radical (unpaired) electrons. The zero-order valence-electron chi connectivity index (χ0n) is 21.0. The summed E-state index contributed by atoms with van der Waals surface area (Å²) in [5.41, 5.74) is 4.47. The van der Waals surface area contributed by atoms with Crippen LogP contribution >= 0.6 is 0 Å². The van der Waals surface area contributed by atoms with Gasteiger partial charge in [-0.05, 0) is 57.4 Å². The highest BCUT2D eigenvalue weighted by molar-refractivity contribution is 6.08. The molecular formula is C27H44O3. The van der Waals surface area contributed by atoms with E-state index in [1.165, 1.54) is 16.7 Å². The Morgan fingerprint density at radius 1 is 0.967 bits per heavy atom. The number of rotatable bonds is 11. The summed E-state index contributed by atoms with van der Waals surface area (Å²) in [6.45, 7) is 19.1. The van der Waals surface area contributed by atoms with Crippen LogP contribution in [0, 0.1) is 5.41 Å². The smallest absolute Gasteiger partial charge is 0.335 e. The zero-order valence-corrected chi connectivity index (χ0v) is 21.0. The van der Waals surface area contributed by atoms with Crippen LogP contribution < -0.4 is 0 Å². The van der Waals surface area contributed by atoms with Gasteiger partial charge in [0.05, 0.1) is 0 Å². The lowest BCUT2D eigenvalue weighted by atomic mass is 9.80. The Bertz CT molecular complexity index is 720. The number of hydrogen-bond acceptors (Lipinski definition) is 3. The molecule has 1 aliphatic rings. The zero-order chi connectivity index (χ0) is 23.1. The van der Waals surface area contributed by atoms with Gasteiger partial charge in [-0.15, -0.1) is 0 Å². The Morgan fingerprint density at radius 3 is 2.00 bits per heavy atom. The van der Waals surface area contributed by atoms with Crippen molar-refractivity contribution in [2.24, 2.45) is 5.41 Å². The van der Waals surface area contributed by atoms with E-state index in [4.69, 9.17) is 4.74 Å². The average Bonchev–Trinajstić information content (AvgIpc) is 2.88. The van der Waals surface area contributed by atoms with Crippen LogP contribution in [0.25, 0.3) is 0 Å². The highest BCUT2D eigenvalue weighted by atomic mass is 16.6. The predicted octanol–water partition coefficient (Wildman–Crippen LogP) is 7.66. The average molecular weight is 417 g/mol. The Morgan fingerprint density at radius 2 is 1.53 bits per heavy atom. The fraction of sp³-hybridized carbons (Fsp3) is 0.704. The fourth-order valence-electron chi connectivity index (χ4n) is 4.29. The van der Waals surface area contributed by atoms with Gasteiger partial charge < -0.3 is 4.74 Å². The summed E-state index contributed by atoms with van der Waals surface area (Å²) in [6, 6.07) is 0. The van der Waals surface area contributed by atoms with E-state index in [0.29, 0.717) is 36.8 Å². The molecule has 1 aliphatic heterocycles. The van der Waals surface area contributed by atoms with Crippen molar-refractivity contribution >= 4 is 11.8 Å². The van der Waals surface area contributed by atoms with Crippen LogP contribution in [0.5, 0.6) is 0 Å². The van der Waals surface area contributed by atoms with Crippen molar-refractivity contribution in [3.8, 4) is 0 Å². The highest BCUT2D eigenvalue weighted by Gasteiger charge is 2.47. The molecule has 0 saturated carbocycles. The normalized spacial score (nSPS) is 17.9. The quantitative estimate of drug-likeness (QED) is 0.256. The lowest BCUT2D eigenvalue weighted by molar-refractivity contribution is -0.148. The standard InChI is InChI=1S/C27H44O3/c1-10-13-19(4)22(18-20(5)26(7,8)9)14-15-23(28)24-21(6)25(29)30-27(24,16-11-2)17-12-3/h18H,10-17H2,1-9H3/b20-18+,22-19+. The first kappa shape index (κ1) is 26.4. The molecule has 0 saturated heterocycles. The largest absolute Gasteiger partial charge is 0.451 e. The minimum atomic E-state index is -0.721. The Labute approximate surface area is 185 Å². The van der Waals surface area contributed by atoms with Gasteiger partial charge in [0, 0.05) is 17.6 Å². The van der Waals surface area contributed by atoms with Crippen molar-refractivity contribution in [3.63, 3.8) is 0 Å². The number of Topliss-reactive ketones (excluding diaryl/α,β-unsaturated/α-hetero) is 1. The number of esters is 1. The first-order valence-electron chi connectivity index (χ1n) is 11.8. The molecule has 0 aromatic heterocycles. The van der Waals surface area contributed by atoms with Gasteiger partial charge in [-0.25, -0.2) is 4.79 Å². The molecular weight excluding hydrogens is 372 g/mol. The van der Waals surface area contributed by atoms with Crippen molar-refractivity contribution in [1.82, 2.24) is 0 Å². The summed E-state index contributed by atoms with van der Waals surface area (Å²) in [4.78, 5) is 25.8. The van der Waals surface area contributed by atoms with Crippen molar-refractivity contribution < 1.29 is 14.3 Å². The van der Waals surface area contributed by atoms with E-state index >= 15 is 0 Å². The first-order valence-corrected chi connectivity index (χ1v) is 11.8. The van der Waals surface area contributed by atoms with Gasteiger partial charge in [0.1, 0.15) is 5.60 Å². The van der Waals surface area contributed by atoms with E-state index in [1.54, 1.807) is 6.92 Å². The maximum Gasteiger partial charge on any atom is 0.335 e. The molecule has 0 aromatic rings. The van der Waals surface area contributed by atoms with Crippen molar-refractivity contribution in [1.29, 1.82) is 0 Å². The second-order valence-corrected chi connectivity index (χ2v) is 9.94. The number of cyclic esters (lactones) is 1. The summed E-state index contributed by atoms with van der Waals surface area (Å²) in [5, 5.41) is 0. The molecule has 0 bridgehead atoms. The van der Waals surface area contributed by atoms with Gasteiger partial charge in [0.2, 0.25) is 0 Å². The minimum absolute atomic E-state index is 0.0730. The number of carbonyl (C=O) groups excluding carboxylic acids is 2. The summed E-state index contributed by atoms with van der Waals surface area (Å²) >= 11 is 0. The van der Waals surface area contributed by atoms with Gasteiger partial charge in [0.25, 0.3) is 0 Å². The van der Waals surface area contributed by atoms with Gasteiger partial charge in [-0.1, -0.05) is 78.0 Å². The molecule has 0 amide bonds. The third-order valence-corrected chi connectivity index (χ3v) is 6.38. The lowest BCUT2D eigenvalue weighted by Crippen LogP contribution is -2.35. The van der Waals surface area contributed by atoms with Crippen LogP contribution in [0.1, 0.15) is 114 Å².